The van der Waals surface area contributed by atoms with Crippen molar-refractivity contribution in [2.75, 3.05) is 35.7 Å². The molecule has 0 aliphatic rings. The van der Waals surface area contributed by atoms with E-state index in [2.05, 4.69) is 15.6 Å². The number of hydrogen-bond acceptors (Lipinski definition) is 4. The molecule has 0 saturated heterocycles. The third kappa shape index (κ3) is 5.11. The number of pyridine rings is 1. The molecule has 1 rings (SSSR count). The van der Waals surface area contributed by atoms with Crippen LogP contribution in [-0.2, 0) is 10.8 Å². The van der Waals surface area contributed by atoms with Crippen molar-refractivity contribution in [2.24, 2.45) is 0 Å². The minimum absolute atomic E-state index is 0.696. The van der Waals surface area contributed by atoms with E-state index in [4.69, 9.17) is 0 Å². The Bertz CT molecular complexity index is 344. The molecule has 0 radical (unpaired) electrons. The summed E-state index contributed by atoms with van der Waals surface area (Å²) in [5.74, 6) is 1.63. The molecule has 4 nitrogen and oxygen atoms in total. The maximum absolute atomic E-state index is 10.9. The molecular formula is C11H19N3OS. The molecule has 2 N–H and O–H groups in total. The molecule has 1 heterocycles. The van der Waals surface area contributed by atoms with Gasteiger partial charge in [0.1, 0.15) is 5.82 Å². The highest BCUT2D eigenvalue weighted by Gasteiger charge is 1.96. The van der Waals surface area contributed by atoms with Gasteiger partial charge in [0.25, 0.3) is 0 Å². The summed E-state index contributed by atoms with van der Waals surface area (Å²) < 4.78 is 10.9. The zero-order chi connectivity index (χ0) is 11.8. The predicted molar refractivity (Wildman–Crippen MR) is 70.4 cm³/mol. The summed E-state index contributed by atoms with van der Waals surface area (Å²) in [6.07, 6.45) is 4.43. The molecule has 0 aliphatic carbocycles. The summed E-state index contributed by atoms with van der Waals surface area (Å²) in [7, 11) is -0.696. The van der Waals surface area contributed by atoms with Crippen LogP contribution in [0.25, 0.3) is 0 Å². The first-order valence-electron chi connectivity index (χ1n) is 5.46. The summed E-state index contributed by atoms with van der Waals surface area (Å²) in [4.78, 5) is 4.19. The Labute approximate surface area is 99.3 Å². The van der Waals surface area contributed by atoms with Gasteiger partial charge in [0.2, 0.25) is 0 Å². The Hall–Kier alpha value is -1.10. The molecule has 90 valence electrons. The van der Waals surface area contributed by atoms with Crippen LogP contribution in [0.2, 0.25) is 0 Å². The van der Waals surface area contributed by atoms with Gasteiger partial charge in [0.15, 0.2) is 0 Å². The second-order valence-corrected chi connectivity index (χ2v) is 5.07. The highest BCUT2D eigenvalue weighted by atomic mass is 32.2. The van der Waals surface area contributed by atoms with Crippen molar-refractivity contribution in [2.45, 2.75) is 13.3 Å². The second-order valence-electron chi connectivity index (χ2n) is 3.52. The summed E-state index contributed by atoms with van der Waals surface area (Å²) in [5.41, 5.74) is 1.05. The fourth-order valence-electron chi connectivity index (χ4n) is 1.33. The van der Waals surface area contributed by atoms with Gasteiger partial charge in [-0.1, -0.05) is 0 Å². The van der Waals surface area contributed by atoms with Gasteiger partial charge >= 0.3 is 0 Å². The smallest absolute Gasteiger partial charge is 0.127 e. The van der Waals surface area contributed by atoms with Gasteiger partial charge < -0.3 is 10.6 Å². The lowest BCUT2D eigenvalue weighted by atomic mass is 10.3. The summed E-state index contributed by atoms with van der Waals surface area (Å²) in [6, 6.07) is 3.91. The van der Waals surface area contributed by atoms with Crippen LogP contribution < -0.4 is 10.6 Å². The molecule has 1 atom stereocenters. The number of nitrogens with one attached hydrogen (secondary N) is 2. The Morgan fingerprint density at radius 3 is 2.94 bits per heavy atom. The van der Waals surface area contributed by atoms with Crippen molar-refractivity contribution >= 4 is 22.3 Å². The van der Waals surface area contributed by atoms with Gasteiger partial charge in [-0.25, -0.2) is 4.98 Å². The van der Waals surface area contributed by atoms with E-state index in [1.54, 1.807) is 12.5 Å². The van der Waals surface area contributed by atoms with Crippen LogP contribution in [0.5, 0.6) is 0 Å². The van der Waals surface area contributed by atoms with Crippen LogP contribution in [0, 0.1) is 0 Å². The number of hydrogen-bond donors (Lipinski definition) is 2. The summed E-state index contributed by atoms with van der Waals surface area (Å²) in [6.45, 7) is 3.75. The van der Waals surface area contributed by atoms with Crippen LogP contribution in [0.1, 0.15) is 13.3 Å². The Morgan fingerprint density at radius 2 is 2.25 bits per heavy atom. The third-order valence-electron chi connectivity index (χ3n) is 2.06. The lowest BCUT2D eigenvalue weighted by molar-refractivity contribution is 0.685. The topological polar surface area (TPSA) is 54.0 Å². The summed E-state index contributed by atoms with van der Waals surface area (Å²) >= 11 is 0. The van der Waals surface area contributed by atoms with Gasteiger partial charge in [-0.3, -0.25) is 4.21 Å². The number of anilines is 2. The molecule has 0 bridgehead atoms. The quantitative estimate of drug-likeness (QED) is 0.713. The van der Waals surface area contributed by atoms with E-state index in [1.807, 2.05) is 19.1 Å². The average molecular weight is 241 g/mol. The zero-order valence-corrected chi connectivity index (χ0v) is 10.6. The van der Waals surface area contributed by atoms with E-state index in [-0.39, 0.29) is 0 Å². The molecular weight excluding hydrogens is 222 g/mol. The van der Waals surface area contributed by atoms with Crippen molar-refractivity contribution in [1.29, 1.82) is 0 Å². The lowest BCUT2D eigenvalue weighted by Crippen LogP contribution is -2.07. The molecule has 0 saturated carbocycles. The second kappa shape index (κ2) is 7.22. The van der Waals surface area contributed by atoms with Gasteiger partial charge in [0, 0.05) is 53.8 Å². The lowest BCUT2D eigenvalue weighted by Gasteiger charge is -2.07. The van der Waals surface area contributed by atoms with Crippen LogP contribution in [0.3, 0.4) is 0 Å². The standard InChI is InChI=1S/C11H19N3OS/c1-3-12-11-9-10(5-7-14-11)13-6-4-8-16(2)15/h5,7,9H,3-4,6,8H2,1-2H3,(H2,12,13,14). The van der Waals surface area contributed by atoms with Crippen LogP contribution in [0.15, 0.2) is 18.3 Å². The molecule has 0 amide bonds. The molecule has 1 aromatic rings. The first-order chi connectivity index (χ1) is 7.72. The first kappa shape index (κ1) is 13.0. The van der Waals surface area contributed by atoms with E-state index in [1.165, 1.54) is 0 Å². The van der Waals surface area contributed by atoms with Crippen molar-refractivity contribution in [3.05, 3.63) is 18.3 Å². The summed E-state index contributed by atoms with van der Waals surface area (Å²) in [5, 5.41) is 6.44. The molecule has 0 fully saturated rings. The molecule has 5 heteroatoms. The SMILES string of the molecule is CCNc1cc(NCCCS(C)=O)ccn1. The van der Waals surface area contributed by atoms with Gasteiger partial charge in [0.05, 0.1) is 0 Å². The molecule has 0 aromatic carbocycles. The van der Waals surface area contributed by atoms with Crippen LogP contribution >= 0.6 is 0 Å². The highest BCUT2D eigenvalue weighted by molar-refractivity contribution is 7.84. The molecule has 1 unspecified atom stereocenters. The van der Waals surface area contributed by atoms with E-state index in [0.29, 0.717) is 0 Å². The van der Waals surface area contributed by atoms with E-state index >= 15 is 0 Å². The fourth-order valence-corrected chi connectivity index (χ4v) is 1.88. The molecule has 1 aromatic heterocycles. The largest absolute Gasteiger partial charge is 0.385 e. The third-order valence-corrected chi connectivity index (χ3v) is 2.92. The predicted octanol–water partition coefficient (Wildman–Crippen LogP) is 1.69. The number of aromatic nitrogens is 1. The van der Waals surface area contributed by atoms with Gasteiger partial charge in [-0.05, 0) is 19.4 Å². The molecule has 0 aliphatic heterocycles. The minimum Gasteiger partial charge on any atom is -0.385 e. The van der Waals surface area contributed by atoms with Crippen molar-refractivity contribution in [1.82, 2.24) is 4.98 Å². The molecule has 0 spiro atoms. The normalized spacial score (nSPS) is 12.1. The van der Waals surface area contributed by atoms with Crippen molar-refractivity contribution in [3.8, 4) is 0 Å². The number of rotatable bonds is 7. The highest BCUT2D eigenvalue weighted by Crippen LogP contribution is 2.11. The van der Waals surface area contributed by atoms with Crippen molar-refractivity contribution < 1.29 is 4.21 Å². The van der Waals surface area contributed by atoms with Crippen molar-refractivity contribution in [3.63, 3.8) is 0 Å². The van der Waals surface area contributed by atoms with E-state index in [9.17, 15) is 4.21 Å². The maximum Gasteiger partial charge on any atom is 0.127 e. The van der Waals surface area contributed by atoms with Crippen LogP contribution in [-0.4, -0.2) is 34.3 Å². The van der Waals surface area contributed by atoms with Crippen LogP contribution in [0.4, 0.5) is 11.5 Å². The molecule has 16 heavy (non-hydrogen) atoms. The van der Waals surface area contributed by atoms with Gasteiger partial charge in [-0.15, -0.1) is 0 Å². The van der Waals surface area contributed by atoms with E-state index in [0.717, 1.165) is 36.8 Å². The fraction of sp³-hybridized carbons (Fsp3) is 0.545. The monoisotopic (exact) mass is 241 g/mol. The van der Waals surface area contributed by atoms with Gasteiger partial charge in [-0.2, -0.15) is 0 Å². The zero-order valence-electron chi connectivity index (χ0n) is 9.82. The Kier molecular flexibility index (Phi) is 5.85. The maximum atomic E-state index is 10.9. The Balaban J connectivity index is 2.35. The van der Waals surface area contributed by atoms with E-state index < -0.39 is 10.8 Å². The minimum atomic E-state index is -0.696. The Morgan fingerprint density at radius 1 is 1.44 bits per heavy atom. The first-order valence-corrected chi connectivity index (χ1v) is 7.19. The average Bonchev–Trinajstić information content (AvgIpc) is 2.25. The number of nitrogens with zero attached hydrogens (tertiary/aromatic N) is 1.